The molecule has 0 aromatic rings. The molecule has 1 atom stereocenters. The van der Waals surface area contributed by atoms with Crippen LogP contribution in [0.3, 0.4) is 0 Å². The summed E-state index contributed by atoms with van der Waals surface area (Å²) in [6.07, 6.45) is 0.320. The van der Waals surface area contributed by atoms with Crippen LogP contribution in [0.1, 0.15) is 13.3 Å². The number of carboxylic acids is 1. The van der Waals surface area contributed by atoms with Crippen LogP contribution in [0.4, 0.5) is 0 Å². The van der Waals surface area contributed by atoms with Crippen LogP contribution in [0.25, 0.3) is 0 Å². The topological polar surface area (TPSA) is 83.5 Å². The lowest BCUT2D eigenvalue weighted by Gasteiger charge is -2.12. The Hall–Kier alpha value is -0.750. The highest BCUT2D eigenvalue weighted by Crippen LogP contribution is 2.06. The first-order chi connectivity index (χ1) is 7.47. The zero-order chi connectivity index (χ0) is 12.6. The molecule has 0 saturated heterocycles. The van der Waals surface area contributed by atoms with E-state index in [4.69, 9.17) is 16.7 Å². The molecule has 0 aliphatic heterocycles. The molecular formula is C9H14ClNO4S. The van der Waals surface area contributed by atoms with Crippen LogP contribution < -0.4 is 5.32 Å². The molecule has 16 heavy (non-hydrogen) atoms. The number of hydrogen-bond acceptors (Lipinski definition) is 4. The van der Waals surface area contributed by atoms with Crippen LogP contribution in [0.5, 0.6) is 0 Å². The summed E-state index contributed by atoms with van der Waals surface area (Å²) in [5.74, 6) is -0.801. The second kappa shape index (κ2) is 8.41. The first kappa shape index (κ1) is 15.2. The Kier molecular flexibility index (Phi) is 8.01. The summed E-state index contributed by atoms with van der Waals surface area (Å²) >= 11 is 6.60. The van der Waals surface area contributed by atoms with E-state index >= 15 is 0 Å². The van der Waals surface area contributed by atoms with Gasteiger partial charge in [-0.05, 0) is 0 Å². The summed E-state index contributed by atoms with van der Waals surface area (Å²) in [5, 5.41) is 11.1. The molecule has 0 spiro atoms. The fourth-order valence-corrected chi connectivity index (χ4v) is 2.01. The second-order valence-electron chi connectivity index (χ2n) is 3.09. The van der Waals surface area contributed by atoms with Crippen molar-refractivity contribution in [1.82, 2.24) is 5.32 Å². The van der Waals surface area contributed by atoms with Crippen LogP contribution in [0, 0.1) is 0 Å². The molecule has 0 aromatic heterocycles. The van der Waals surface area contributed by atoms with Crippen molar-refractivity contribution < 1.29 is 19.5 Å². The third-order valence-corrected chi connectivity index (χ3v) is 2.99. The predicted octanol–water partition coefficient (Wildman–Crippen LogP) is 0.507. The van der Waals surface area contributed by atoms with Gasteiger partial charge < -0.3 is 10.4 Å². The van der Waals surface area contributed by atoms with Crippen molar-refractivity contribution in [3.8, 4) is 0 Å². The number of ketones is 1. The van der Waals surface area contributed by atoms with E-state index in [9.17, 15) is 14.4 Å². The molecule has 0 saturated carbocycles. The standard InChI is InChI=1S/C9H14ClNO4S/c1-6(12)11-8(9(14)15)5-16-3-2-7(13)4-10/h8H,2-5H2,1H3,(H,11,12)(H,14,15)/t8-/m0/s1/i5+1,8+1,9+1,11+1. The Morgan fingerprint density at radius 3 is 2.50 bits per heavy atom. The number of carbonyl (C=O) groups is 3. The number of carboxylic acid groups (broad SMARTS) is 1. The number of Topliss-reactive ketones (excluding diaryl/α,β-unsaturated/α-hetero) is 1. The number of nitrogens with one attached hydrogen (secondary N) is 1. The van der Waals surface area contributed by atoms with Gasteiger partial charge in [0.05, 0.1) is 5.88 Å². The Morgan fingerprint density at radius 2 is 2.06 bits per heavy atom. The molecule has 2 N–H and O–H groups in total. The molecule has 0 fully saturated rings. The molecule has 5 nitrogen and oxygen atoms in total. The van der Waals surface area contributed by atoms with Crippen LogP contribution in [-0.4, -0.2) is 46.2 Å². The van der Waals surface area contributed by atoms with Crippen molar-refractivity contribution in [2.24, 2.45) is 0 Å². The maximum atomic E-state index is 10.8. The van der Waals surface area contributed by atoms with Crippen molar-refractivity contribution in [2.45, 2.75) is 19.4 Å². The Balaban J connectivity index is 3.81. The largest absolute Gasteiger partial charge is 0.480 e. The number of amides is 1. The highest BCUT2D eigenvalue weighted by molar-refractivity contribution is 7.99. The van der Waals surface area contributed by atoms with Crippen LogP contribution >= 0.6 is 23.4 Å². The van der Waals surface area contributed by atoms with E-state index in [1.165, 1.54) is 18.7 Å². The molecule has 92 valence electrons. The van der Waals surface area contributed by atoms with Gasteiger partial charge in [0.25, 0.3) is 0 Å². The monoisotopic (exact) mass is 271 g/mol. The molecule has 0 bridgehead atoms. The number of halogens is 1. The van der Waals surface area contributed by atoms with Gasteiger partial charge in [-0.25, -0.2) is 4.79 Å². The fourth-order valence-electron chi connectivity index (χ4n) is 0.874. The number of aliphatic carboxylic acids is 1. The first-order valence-electron chi connectivity index (χ1n) is 4.62. The summed E-state index contributed by atoms with van der Waals surface area (Å²) in [4.78, 5) is 32.2. The zero-order valence-corrected chi connectivity index (χ0v) is 10.4. The van der Waals surface area contributed by atoms with Gasteiger partial charge in [-0.15, -0.1) is 11.6 Å². The van der Waals surface area contributed by atoms with E-state index in [0.717, 1.165) is 0 Å². The van der Waals surface area contributed by atoms with E-state index < -0.39 is 12.0 Å². The minimum atomic E-state index is -1.08. The number of rotatable bonds is 8. The molecule has 0 aliphatic carbocycles. The summed E-state index contributed by atoms with van der Waals surface area (Å²) in [6.45, 7) is 1.26. The SMILES string of the molecule is CC(=O)[15NH][13C@@H]([13CH2]SCCC(=O)CCl)[13C](=O)O. The van der Waals surface area contributed by atoms with E-state index in [1.54, 1.807) is 0 Å². The Bertz CT molecular complexity index is 272. The molecular weight excluding hydrogens is 258 g/mol. The summed E-state index contributed by atoms with van der Waals surface area (Å²) in [7, 11) is 0. The first-order valence-corrected chi connectivity index (χ1v) is 6.31. The molecule has 0 aromatic carbocycles. The van der Waals surface area contributed by atoms with Gasteiger partial charge in [0.1, 0.15) is 11.8 Å². The number of carbonyl (C=O) groups excluding carboxylic acids is 2. The van der Waals surface area contributed by atoms with Gasteiger partial charge in [-0.3, -0.25) is 9.59 Å². The van der Waals surface area contributed by atoms with E-state index in [1.807, 2.05) is 0 Å². The second-order valence-corrected chi connectivity index (χ2v) is 4.51. The summed E-state index contributed by atoms with van der Waals surface area (Å²) in [5.41, 5.74) is 0. The van der Waals surface area contributed by atoms with Crippen molar-refractivity contribution in [2.75, 3.05) is 17.4 Å². The maximum Gasteiger partial charge on any atom is 0.327 e. The van der Waals surface area contributed by atoms with Crippen LogP contribution in [0.2, 0.25) is 0 Å². The van der Waals surface area contributed by atoms with Gasteiger partial charge in [-0.2, -0.15) is 11.8 Å². The smallest absolute Gasteiger partial charge is 0.327 e. The maximum absolute atomic E-state index is 10.8. The molecule has 0 rings (SSSR count). The molecule has 1 amide bonds. The zero-order valence-electron chi connectivity index (χ0n) is 8.86. The number of hydrogen-bond donors (Lipinski definition) is 2. The summed E-state index contributed by atoms with van der Waals surface area (Å²) < 4.78 is 0. The molecule has 0 heterocycles. The third-order valence-electron chi connectivity index (χ3n) is 1.63. The third kappa shape index (κ3) is 7.53. The average molecular weight is 272 g/mol. The van der Waals surface area contributed by atoms with E-state index in [-0.39, 0.29) is 23.3 Å². The summed E-state index contributed by atoms with van der Waals surface area (Å²) in [6, 6.07) is -0.909. The minimum absolute atomic E-state index is 0.0192. The molecule has 0 unspecified atom stereocenters. The van der Waals surface area contributed by atoms with Gasteiger partial charge in [0, 0.05) is 24.9 Å². The normalized spacial score (nSPS) is 11.9. The fraction of sp³-hybridized carbons (Fsp3) is 0.667. The Morgan fingerprint density at radius 1 is 1.44 bits per heavy atom. The highest BCUT2D eigenvalue weighted by atomic mass is 35.5. The van der Waals surface area contributed by atoms with Crippen molar-refractivity contribution in [1.29, 1.82) is 0 Å². The van der Waals surface area contributed by atoms with E-state index in [2.05, 4.69) is 5.32 Å². The Labute approximate surface area is 103 Å². The van der Waals surface area contributed by atoms with Gasteiger partial charge >= 0.3 is 5.97 Å². The lowest BCUT2D eigenvalue weighted by molar-refractivity contribution is -0.140. The van der Waals surface area contributed by atoms with Gasteiger partial charge in [-0.1, -0.05) is 0 Å². The minimum Gasteiger partial charge on any atom is -0.480 e. The molecule has 0 radical (unpaired) electrons. The van der Waals surface area contributed by atoms with Gasteiger partial charge in [0.15, 0.2) is 0 Å². The predicted molar refractivity (Wildman–Crippen MR) is 62.9 cm³/mol. The van der Waals surface area contributed by atoms with Crippen molar-refractivity contribution >= 4 is 41.0 Å². The average Bonchev–Trinajstić information content (AvgIpc) is 2.21. The van der Waals surface area contributed by atoms with E-state index in [0.29, 0.717) is 12.2 Å². The van der Waals surface area contributed by atoms with Crippen LogP contribution in [-0.2, 0) is 14.4 Å². The molecule has 7 heteroatoms. The lowest BCUT2D eigenvalue weighted by Crippen LogP contribution is -2.41. The number of thioether (sulfide) groups is 1. The quantitative estimate of drug-likeness (QED) is 0.291. The van der Waals surface area contributed by atoms with Crippen molar-refractivity contribution in [3.05, 3.63) is 0 Å². The van der Waals surface area contributed by atoms with Gasteiger partial charge in [0.2, 0.25) is 5.91 Å². The highest BCUT2D eigenvalue weighted by Gasteiger charge is 2.17. The number of alkyl halides is 1. The lowest BCUT2D eigenvalue weighted by atomic mass is 10.3. The molecule has 0 aliphatic rings. The van der Waals surface area contributed by atoms with Crippen molar-refractivity contribution in [3.63, 3.8) is 0 Å². The van der Waals surface area contributed by atoms with Crippen LogP contribution in [0.15, 0.2) is 0 Å².